The molecule has 1 saturated heterocycles. The van der Waals surface area contributed by atoms with Crippen LogP contribution < -0.4 is 10.2 Å². The van der Waals surface area contributed by atoms with Crippen molar-refractivity contribution in [2.75, 3.05) is 10.2 Å². The zero-order chi connectivity index (χ0) is 21.1. The number of nitrogens with one attached hydrogen (secondary N) is 1. The van der Waals surface area contributed by atoms with Crippen LogP contribution in [0.1, 0.15) is 38.5 Å². The van der Waals surface area contributed by atoms with Crippen LogP contribution in [0.5, 0.6) is 0 Å². The van der Waals surface area contributed by atoms with Crippen molar-refractivity contribution in [2.24, 2.45) is 0 Å². The number of hydrogen-bond acceptors (Lipinski definition) is 3. The fraction of sp³-hybridized carbons (Fsp3) is 0.348. The highest BCUT2D eigenvalue weighted by Crippen LogP contribution is 2.33. The van der Waals surface area contributed by atoms with Crippen LogP contribution in [0.15, 0.2) is 54.6 Å². The molecule has 0 bridgehead atoms. The minimum absolute atomic E-state index is 0.0486. The lowest BCUT2D eigenvalue weighted by Crippen LogP contribution is -2.45. The fourth-order valence-electron chi connectivity index (χ4n) is 4.30. The summed E-state index contributed by atoms with van der Waals surface area (Å²) in [6.07, 6.45) is 4.65. The van der Waals surface area contributed by atoms with Crippen LogP contribution >= 0.6 is 0 Å². The molecule has 30 heavy (non-hydrogen) atoms. The van der Waals surface area contributed by atoms with E-state index in [-0.39, 0.29) is 30.3 Å². The molecule has 1 atom stereocenters. The molecule has 1 aliphatic heterocycles. The minimum atomic E-state index is -0.846. The standard InChI is InChI=1S/C23H24FN3O3/c24-16-11-13-17(14-12-16)25-21(28)15-20-22(29)27(19-9-5-2-6-10-19)23(30)26(20)18-7-3-1-4-8-18/h2,5-6,9-14,18,20H,1,3-4,7-8,15H2,(H,25,28)/t20-/m0/s1. The molecule has 2 fully saturated rings. The number of para-hydroxylation sites is 1. The zero-order valence-electron chi connectivity index (χ0n) is 16.6. The van der Waals surface area contributed by atoms with Gasteiger partial charge in [-0.3, -0.25) is 9.59 Å². The molecule has 1 heterocycles. The first-order valence-corrected chi connectivity index (χ1v) is 10.3. The molecular weight excluding hydrogens is 385 g/mol. The number of nitrogens with zero attached hydrogens (tertiary/aromatic N) is 2. The maximum absolute atomic E-state index is 13.3. The first-order chi connectivity index (χ1) is 14.5. The number of anilines is 2. The van der Waals surface area contributed by atoms with Crippen LogP contribution in [0.3, 0.4) is 0 Å². The largest absolute Gasteiger partial charge is 0.332 e. The van der Waals surface area contributed by atoms with Gasteiger partial charge >= 0.3 is 6.03 Å². The van der Waals surface area contributed by atoms with Crippen molar-refractivity contribution in [3.05, 3.63) is 60.4 Å². The summed E-state index contributed by atoms with van der Waals surface area (Å²) in [5.74, 6) is -1.17. The lowest BCUT2D eigenvalue weighted by atomic mass is 9.93. The van der Waals surface area contributed by atoms with Crippen LogP contribution in [-0.2, 0) is 9.59 Å². The first kappa shape index (κ1) is 20.1. The average molecular weight is 409 g/mol. The maximum atomic E-state index is 13.3. The molecule has 1 saturated carbocycles. The van der Waals surface area contributed by atoms with Crippen molar-refractivity contribution in [1.82, 2.24) is 4.90 Å². The van der Waals surface area contributed by atoms with E-state index in [1.807, 2.05) is 6.07 Å². The van der Waals surface area contributed by atoms with Gasteiger partial charge in [0, 0.05) is 11.7 Å². The van der Waals surface area contributed by atoms with Gasteiger partial charge in [0.05, 0.1) is 12.1 Å². The predicted octanol–water partition coefficient (Wildman–Crippen LogP) is 4.32. The van der Waals surface area contributed by atoms with E-state index in [0.29, 0.717) is 11.4 Å². The molecule has 2 aromatic rings. The summed E-state index contributed by atoms with van der Waals surface area (Å²) in [6.45, 7) is 0. The van der Waals surface area contributed by atoms with E-state index in [2.05, 4.69) is 5.32 Å². The summed E-state index contributed by atoms with van der Waals surface area (Å²) < 4.78 is 13.1. The van der Waals surface area contributed by atoms with E-state index in [0.717, 1.165) is 32.1 Å². The highest BCUT2D eigenvalue weighted by atomic mass is 19.1. The summed E-state index contributed by atoms with van der Waals surface area (Å²) in [4.78, 5) is 42.0. The molecule has 156 valence electrons. The summed E-state index contributed by atoms with van der Waals surface area (Å²) in [7, 11) is 0. The second kappa shape index (κ2) is 8.65. The Morgan fingerprint density at radius 3 is 2.30 bits per heavy atom. The van der Waals surface area contributed by atoms with Gasteiger partial charge in [-0.25, -0.2) is 14.1 Å². The van der Waals surface area contributed by atoms with Crippen molar-refractivity contribution in [3.8, 4) is 0 Å². The molecule has 0 aromatic heterocycles. The van der Waals surface area contributed by atoms with Crippen LogP contribution in [0, 0.1) is 5.82 Å². The van der Waals surface area contributed by atoms with Gasteiger partial charge in [0.1, 0.15) is 11.9 Å². The lowest BCUT2D eigenvalue weighted by Gasteiger charge is -2.33. The molecule has 1 aliphatic carbocycles. The molecule has 2 aromatic carbocycles. The third-order valence-electron chi connectivity index (χ3n) is 5.74. The Morgan fingerprint density at radius 2 is 1.63 bits per heavy atom. The van der Waals surface area contributed by atoms with Crippen LogP contribution in [0.25, 0.3) is 0 Å². The van der Waals surface area contributed by atoms with Crippen molar-refractivity contribution in [2.45, 2.75) is 50.6 Å². The molecule has 0 unspecified atom stereocenters. The zero-order valence-corrected chi connectivity index (χ0v) is 16.6. The van der Waals surface area contributed by atoms with Gasteiger partial charge in [-0.2, -0.15) is 0 Å². The van der Waals surface area contributed by atoms with Gasteiger partial charge in [0.2, 0.25) is 5.91 Å². The Hall–Kier alpha value is -3.22. The Balaban J connectivity index is 1.57. The molecule has 0 radical (unpaired) electrons. The van der Waals surface area contributed by atoms with E-state index in [1.165, 1.54) is 29.2 Å². The van der Waals surface area contributed by atoms with Crippen molar-refractivity contribution >= 4 is 29.2 Å². The lowest BCUT2D eigenvalue weighted by molar-refractivity contribution is -0.125. The molecule has 0 spiro atoms. The molecule has 4 rings (SSSR count). The minimum Gasteiger partial charge on any atom is -0.326 e. The van der Waals surface area contributed by atoms with Gasteiger partial charge in [0.25, 0.3) is 5.91 Å². The van der Waals surface area contributed by atoms with Crippen LogP contribution in [0.2, 0.25) is 0 Å². The first-order valence-electron chi connectivity index (χ1n) is 10.3. The number of amides is 4. The number of imide groups is 1. The third-order valence-corrected chi connectivity index (χ3v) is 5.74. The number of urea groups is 1. The second-order valence-electron chi connectivity index (χ2n) is 7.77. The van der Waals surface area contributed by atoms with Crippen molar-refractivity contribution < 1.29 is 18.8 Å². The van der Waals surface area contributed by atoms with Gasteiger partial charge in [-0.05, 0) is 49.2 Å². The van der Waals surface area contributed by atoms with Crippen molar-refractivity contribution in [3.63, 3.8) is 0 Å². The highest BCUT2D eigenvalue weighted by Gasteiger charge is 2.49. The van der Waals surface area contributed by atoms with Crippen LogP contribution in [-0.4, -0.2) is 34.8 Å². The topological polar surface area (TPSA) is 69.7 Å². The normalized spacial score (nSPS) is 20.0. The number of benzene rings is 2. The maximum Gasteiger partial charge on any atom is 0.332 e. The summed E-state index contributed by atoms with van der Waals surface area (Å²) in [6, 6.07) is 13.0. The SMILES string of the molecule is O=C(C[C@H]1C(=O)N(c2ccccc2)C(=O)N1C1CCCCC1)Nc1ccc(F)cc1. The molecule has 2 aliphatic rings. The predicted molar refractivity (Wildman–Crippen MR) is 111 cm³/mol. The smallest absolute Gasteiger partial charge is 0.326 e. The third kappa shape index (κ3) is 4.06. The van der Waals surface area contributed by atoms with Gasteiger partial charge in [0.15, 0.2) is 0 Å². The number of halogens is 1. The number of hydrogen-bond donors (Lipinski definition) is 1. The van der Waals surface area contributed by atoms with Crippen molar-refractivity contribution in [1.29, 1.82) is 0 Å². The summed E-state index contributed by atoms with van der Waals surface area (Å²) >= 11 is 0. The average Bonchev–Trinajstić information content (AvgIpc) is 3.00. The van der Waals surface area contributed by atoms with Gasteiger partial charge in [-0.1, -0.05) is 37.5 Å². The molecule has 1 N–H and O–H groups in total. The molecule has 7 heteroatoms. The van der Waals surface area contributed by atoms with Gasteiger partial charge < -0.3 is 10.2 Å². The quantitative estimate of drug-likeness (QED) is 0.748. The molecular formula is C23H24FN3O3. The molecule has 6 nitrogen and oxygen atoms in total. The van der Waals surface area contributed by atoms with E-state index in [1.54, 1.807) is 29.2 Å². The second-order valence-corrected chi connectivity index (χ2v) is 7.77. The van der Waals surface area contributed by atoms with E-state index >= 15 is 0 Å². The van der Waals surface area contributed by atoms with Gasteiger partial charge in [-0.15, -0.1) is 0 Å². The fourth-order valence-corrected chi connectivity index (χ4v) is 4.30. The number of rotatable bonds is 5. The monoisotopic (exact) mass is 409 g/mol. The van der Waals surface area contributed by atoms with E-state index in [9.17, 15) is 18.8 Å². The highest BCUT2D eigenvalue weighted by molar-refractivity contribution is 6.22. The Kier molecular flexibility index (Phi) is 5.79. The number of carbonyl (C=O) groups is 3. The number of carbonyl (C=O) groups excluding carboxylic acids is 3. The summed E-state index contributed by atoms with van der Waals surface area (Å²) in [5, 5.41) is 2.70. The van der Waals surface area contributed by atoms with E-state index in [4.69, 9.17) is 0 Å². The Labute approximate surface area is 174 Å². The Morgan fingerprint density at radius 1 is 0.967 bits per heavy atom. The van der Waals surface area contributed by atoms with E-state index < -0.39 is 11.9 Å². The molecule has 4 amide bonds. The van der Waals surface area contributed by atoms with Crippen LogP contribution in [0.4, 0.5) is 20.6 Å². The Bertz CT molecular complexity index is 926. The summed E-state index contributed by atoms with van der Waals surface area (Å²) in [5.41, 5.74) is 0.956.